The van der Waals surface area contributed by atoms with Crippen molar-refractivity contribution in [3.63, 3.8) is 0 Å². The first-order chi connectivity index (χ1) is 6.83. The van der Waals surface area contributed by atoms with Gasteiger partial charge in [-0.15, -0.1) is 0 Å². The van der Waals surface area contributed by atoms with Crippen LogP contribution in [-0.2, 0) is 4.79 Å². The van der Waals surface area contributed by atoms with Crippen molar-refractivity contribution in [1.29, 1.82) is 0 Å². The lowest BCUT2D eigenvalue weighted by molar-refractivity contribution is -0.117. The highest BCUT2D eigenvalue weighted by Gasteiger charge is 2.44. The van der Waals surface area contributed by atoms with Crippen LogP contribution < -0.4 is 0 Å². The van der Waals surface area contributed by atoms with Gasteiger partial charge < -0.3 is 5.53 Å². The first-order valence-corrected chi connectivity index (χ1v) is 4.59. The minimum absolute atomic E-state index is 0.0216. The van der Waals surface area contributed by atoms with E-state index in [4.69, 9.17) is 5.53 Å². The van der Waals surface area contributed by atoms with Gasteiger partial charge in [0.25, 0.3) is 0 Å². The molecular weight excluding hydrogens is 176 g/mol. The van der Waals surface area contributed by atoms with E-state index in [1.807, 2.05) is 30.3 Å². The molecule has 0 heterocycles. The fraction of sp³-hybridized carbons (Fsp3) is 0.273. The molecule has 0 N–H and O–H groups in total. The Hall–Kier alpha value is -1.73. The maximum Gasteiger partial charge on any atom is 0.323 e. The van der Waals surface area contributed by atoms with E-state index in [2.05, 4.69) is 4.79 Å². The second-order valence-corrected chi connectivity index (χ2v) is 3.51. The second-order valence-electron chi connectivity index (χ2n) is 3.51. The van der Waals surface area contributed by atoms with Crippen LogP contribution >= 0.6 is 0 Å². The number of carbonyl (C=O) groups excluding carboxylic acids is 1. The quantitative estimate of drug-likeness (QED) is 0.402. The molecule has 0 bridgehead atoms. The second kappa shape index (κ2) is 3.56. The Morgan fingerprint density at radius 1 is 1.43 bits per heavy atom. The summed E-state index contributed by atoms with van der Waals surface area (Å²) >= 11 is 0. The van der Waals surface area contributed by atoms with Gasteiger partial charge in [-0.05, 0) is 17.9 Å². The number of carbonyl (C=O) groups is 1. The number of ketones is 1. The average Bonchev–Trinajstić information content (AvgIpc) is 2.99. The summed E-state index contributed by atoms with van der Waals surface area (Å²) < 4.78 is 0. The third-order valence-corrected chi connectivity index (χ3v) is 2.57. The predicted molar refractivity (Wildman–Crippen MR) is 52.0 cm³/mol. The number of hydrogen-bond donors (Lipinski definition) is 0. The Kier molecular flexibility index (Phi) is 2.25. The number of nitrogens with zero attached hydrogens (tertiary/aromatic N) is 2. The Morgan fingerprint density at radius 3 is 2.79 bits per heavy atom. The molecule has 70 valence electrons. The van der Waals surface area contributed by atoms with E-state index in [0.717, 1.165) is 12.6 Å². The van der Waals surface area contributed by atoms with Crippen molar-refractivity contribution < 1.29 is 9.58 Å². The molecule has 1 saturated carbocycles. The Balaban J connectivity index is 2.07. The number of Topliss-reactive ketones (excluding diaryl/α,β-unsaturated/α-hetero) is 1. The molecular formula is C11H10N2O. The van der Waals surface area contributed by atoms with E-state index < -0.39 is 0 Å². The molecule has 3 heteroatoms. The van der Waals surface area contributed by atoms with Gasteiger partial charge in [0.2, 0.25) is 5.78 Å². The van der Waals surface area contributed by atoms with Crippen molar-refractivity contribution in [2.75, 3.05) is 0 Å². The smallest absolute Gasteiger partial charge is 0.323 e. The van der Waals surface area contributed by atoms with Crippen molar-refractivity contribution in [2.24, 2.45) is 5.92 Å². The van der Waals surface area contributed by atoms with Crippen LogP contribution in [0.5, 0.6) is 0 Å². The minimum atomic E-state index is -0.0821. The fourth-order valence-electron chi connectivity index (χ4n) is 1.73. The van der Waals surface area contributed by atoms with Crippen LogP contribution in [0.15, 0.2) is 30.3 Å². The zero-order valence-electron chi connectivity index (χ0n) is 7.63. The van der Waals surface area contributed by atoms with Crippen molar-refractivity contribution >= 4 is 12.0 Å². The normalized spacial score (nSPS) is 23.7. The van der Waals surface area contributed by atoms with Crippen LogP contribution in [0, 0.1) is 5.92 Å². The van der Waals surface area contributed by atoms with E-state index in [-0.39, 0.29) is 11.7 Å². The van der Waals surface area contributed by atoms with Crippen LogP contribution in [-0.4, -0.2) is 16.8 Å². The molecule has 0 amide bonds. The highest BCUT2D eigenvalue weighted by Crippen LogP contribution is 2.47. The monoisotopic (exact) mass is 186 g/mol. The summed E-state index contributed by atoms with van der Waals surface area (Å²) in [6.45, 7) is 0. The minimum Gasteiger partial charge on any atom is -0.361 e. The van der Waals surface area contributed by atoms with Gasteiger partial charge in [-0.1, -0.05) is 30.3 Å². The van der Waals surface area contributed by atoms with Crippen molar-refractivity contribution in [3.8, 4) is 0 Å². The lowest BCUT2D eigenvalue weighted by Gasteiger charge is -1.95. The molecule has 14 heavy (non-hydrogen) atoms. The topological polar surface area (TPSA) is 53.5 Å². The molecule has 0 spiro atoms. The summed E-state index contributed by atoms with van der Waals surface area (Å²) in [5.74, 6) is 0.261. The highest BCUT2D eigenvalue weighted by molar-refractivity contribution is 6.27. The SMILES string of the molecule is [N-]=[N+]=CC(=O)[C@@H]1C[C@H]1c1ccccc1. The molecule has 1 fully saturated rings. The van der Waals surface area contributed by atoms with Crippen molar-refractivity contribution in [1.82, 2.24) is 0 Å². The standard InChI is InChI=1S/C11H10N2O/c12-13-7-11(14)10-6-9(10)8-4-2-1-3-5-8/h1-5,7,9-10H,6H2/t9-,10+/m0/s1. The van der Waals surface area contributed by atoms with E-state index in [1.54, 1.807) is 0 Å². The Labute approximate surface area is 82.0 Å². The molecule has 1 aliphatic carbocycles. The van der Waals surface area contributed by atoms with Gasteiger partial charge in [0.1, 0.15) is 0 Å². The molecule has 3 nitrogen and oxygen atoms in total. The fourth-order valence-corrected chi connectivity index (χ4v) is 1.73. The van der Waals surface area contributed by atoms with Gasteiger partial charge in [-0.25, -0.2) is 0 Å². The van der Waals surface area contributed by atoms with Gasteiger partial charge in [0.15, 0.2) is 0 Å². The zero-order valence-corrected chi connectivity index (χ0v) is 7.63. The number of hydrogen-bond acceptors (Lipinski definition) is 1. The Morgan fingerprint density at radius 2 is 2.14 bits per heavy atom. The summed E-state index contributed by atoms with van der Waals surface area (Å²) in [5.41, 5.74) is 9.41. The largest absolute Gasteiger partial charge is 0.361 e. The first kappa shape index (κ1) is 8.85. The average molecular weight is 186 g/mol. The maximum absolute atomic E-state index is 11.3. The maximum atomic E-state index is 11.3. The third kappa shape index (κ3) is 1.63. The van der Waals surface area contributed by atoms with Gasteiger partial charge >= 0.3 is 6.21 Å². The number of rotatable bonds is 3. The third-order valence-electron chi connectivity index (χ3n) is 2.57. The summed E-state index contributed by atoms with van der Waals surface area (Å²) in [7, 11) is 0. The van der Waals surface area contributed by atoms with E-state index in [9.17, 15) is 4.79 Å². The number of benzene rings is 1. The molecule has 1 aromatic carbocycles. The lowest BCUT2D eigenvalue weighted by Crippen LogP contribution is -2.03. The molecule has 1 aliphatic rings. The lowest BCUT2D eigenvalue weighted by atomic mass is 10.1. The summed E-state index contributed by atoms with van der Waals surface area (Å²) in [6, 6.07) is 9.94. The van der Waals surface area contributed by atoms with Gasteiger partial charge in [0.05, 0.1) is 0 Å². The van der Waals surface area contributed by atoms with E-state index >= 15 is 0 Å². The molecule has 0 unspecified atom stereocenters. The molecule has 0 radical (unpaired) electrons. The summed E-state index contributed by atoms with van der Waals surface area (Å²) in [4.78, 5) is 14.0. The predicted octanol–water partition coefficient (Wildman–Crippen LogP) is 1.66. The molecule has 2 atom stereocenters. The molecule has 2 rings (SSSR count). The first-order valence-electron chi connectivity index (χ1n) is 4.59. The van der Waals surface area contributed by atoms with Crippen LogP contribution in [0.4, 0.5) is 0 Å². The molecule has 0 aromatic heterocycles. The van der Waals surface area contributed by atoms with Crippen molar-refractivity contribution in [2.45, 2.75) is 12.3 Å². The van der Waals surface area contributed by atoms with Gasteiger partial charge in [0, 0.05) is 5.92 Å². The van der Waals surface area contributed by atoms with Gasteiger partial charge in [-0.2, -0.15) is 4.79 Å². The van der Waals surface area contributed by atoms with Crippen LogP contribution in [0.1, 0.15) is 17.9 Å². The molecule has 0 saturated heterocycles. The van der Waals surface area contributed by atoms with Crippen LogP contribution in [0.3, 0.4) is 0 Å². The van der Waals surface area contributed by atoms with E-state index in [0.29, 0.717) is 5.92 Å². The van der Waals surface area contributed by atoms with Crippen molar-refractivity contribution in [3.05, 3.63) is 41.4 Å². The highest BCUT2D eigenvalue weighted by atomic mass is 16.1. The van der Waals surface area contributed by atoms with Gasteiger partial charge in [-0.3, -0.25) is 4.79 Å². The van der Waals surface area contributed by atoms with E-state index in [1.165, 1.54) is 5.56 Å². The van der Waals surface area contributed by atoms with Crippen LogP contribution in [0.25, 0.3) is 5.53 Å². The Bertz CT molecular complexity index is 393. The molecule has 1 aromatic rings. The zero-order chi connectivity index (χ0) is 9.97. The molecule has 0 aliphatic heterocycles. The summed E-state index contributed by atoms with van der Waals surface area (Å²) in [6.07, 6.45) is 1.86. The van der Waals surface area contributed by atoms with Crippen LogP contribution in [0.2, 0.25) is 0 Å². The summed E-state index contributed by atoms with van der Waals surface area (Å²) in [5, 5.41) is 0.